The van der Waals surface area contributed by atoms with E-state index in [1.165, 1.54) is 22.3 Å². The molecule has 4 aliphatic rings. The van der Waals surface area contributed by atoms with Crippen LogP contribution in [0.2, 0.25) is 0 Å². The molecule has 21 heavy (non-hydrogen) atoms. The molecule has 2 aromatic rings. The fourth-order valence-electron chi connectivity index (χ4n) is 4.51. The Morgan fingerprint density at radius 2 is 1.29 bits per heavy atom. The number of Topliss-reactive ketones (excluding diaryl/α,β-unsaturated/α-hetero) is 1. The first-order chi connectivity index (χ1) is 10.1. The summed E-state index contributed by atoms with van der Waals surface area (Å²) in [7, 11) is 0. The molecule has 4 aliphatic carbocycles. The average molecular weight is 404 g/mol. The lowest BCUT2D eigenvalue weighted by molar-refractivity contribution is -0.126. The van der Waals surface area contributed by atoms with Gasteiger partial charge in [-0.1, -0.05) is 80.4 Å². The summed E-state index contributed by atoms with van der Waals surface area (Å²) in [4.78, 5) is 13.3. The molecule has 3 heteroatoms. The number of ketones is 1. The summed E-state index contributed by atoms with van der Waals surface area (Å²) in [5, 5.41) is 0. The molecule has 1 saturated carbocycles. The van der Waals surface area contributed by atoms with Gasteiger partial charge in [0.05, 0.1) is 14.6 Å². The molecule has 104 valence electrons. The number of halogens is 2. The molecular weight excluding hydrogens is 392 g/mol. The predicted octanol–water partition coefficient (Wildman–Crippen LogP) is 4.72. The van der Waals surface area contributed by atoms with Crippen LogP contribution in [0.4, 0.5) is 0 Å². The standard InChI is InChI=1S/C18H12Br2O/c19-18(20)9-17(18)15-12-7-3-1-5-10(12)14(16(17)21)11-6-2-4-8-13(11)15/h1-8,14-15H,9H2. The third-order valence-electron chi connectivity index (χ3n) is 5.46. The molecule has 0 N–H and O–H groups in total. The smallest absolute Gasteiger partial charge is 0.154 e. The van der Waals surface area contributed by atoms with E-state index >= 15 is 0 Å². The summed E-state index contributed by atoms with van der Waals surface area (Å²) in [5.74, 6) is 0.444. The van der Waals surface area contributed by atoms with E-state index in [1.54, 1.807) is 0 Å². The van der Waals surface area contributed by atoms with Crippen molar-refractivity contribution in [2.75, 3.05) is 0 Å². The van der Waals surface area contributed by atoms with Gasteiger partial charge < -0.3 is 0 Å². The Kier molecular flexibility index (Phi) is 2.21. The first-order valence-corrected chi connectivity index (χ1v) is 8.76. The van der Waals surface area contributed by atoms with Crippen LogP contribution in [0.1, 0.15) is 40.5 Å². The largest absolute Gasteiger partial charge is 0.298 e. The van der Waals surface area contributed by atoms with Crippen molar-refractivity contribution in [2.45, 2.75) is 21.5 Å². The third kappa shape index (κ3) is 1.27. The van der Waals surface area contributed by atoms with Crippen molar-refractivity contribution in [1.29, 1.82) is 0 Å². The molecule has 1 fully saturated rings. The average Bonchev–Trinajstić information content (AvgIpc) is 3.05. The quantitative estimate of drug-likeness (QED) is 0.581. The summed E-state index contributed by atoms with van der Waals surface area (Å²) >= 11 is 7.49. The van der Waals surface area contributed by atoms with E-state index in [4.69, 9.17) is 0 Å². The van der Waals surface area contributed by atoms with Gasteiger partial charge in [-0.2, -0.15) is 0 Å². The van der Waals surface area contributed by atoms with Crippen molar-refractivity contribution in [3.05, 3.63) is 70.8 Å². The summed E-state index contributed by atoms with van der Waals surface area (Å²) in [6, 6.07) is 16.9. The fraction of sp³-hybridized carbons (Fsp3) is 0.278. The topological polar surface area (TPSA) is 17.1 Å². The summed E-state index contributed by atoms with van der Waals surface area (Å²) in [6.45, 7) is 0. The van der Waals surface area contributed by atoms with E-state index < -0.39 is 0 Å². The third-order valence-corrected chi connectivity index (χ3v) is 7.44. The second kappa shape index (κ2) is 3.69. The highest BCUT2D eigenvalue weighted by atomic mass is 79.9. The molecule has 0 amide bonds. The lowest BCUT2D eigenvalue weighted by Gasteiger charge is -2.45. The first-order valence-electron chi connectivity index (χ1n) is 7.18. The van der Waals surface area contributed by atoms with Gasteiger partial charge in [-0.05, 0) is 28.7 Å². The molecule has 0 saturated heterocycles. The molecule has 0 radical (unpaired) electrons. The van der Waals surface area contributed by atoms with Crippen LogP contribution in [0.25, 0.3) is 0 Å². The van der Waals surface area contributed by atoms with Crippen LogP contribution in [0.3, 0.4) is 0 Å². The lowest BCUT2D eigenvalue weighted by Crippen LogP contribution is -2.44. The number of carbonyl (C=O) groups excluding carboxylic acids is 1. The number of benzene rings is 2. The SMILES string of the molecule is O=C1C2c3ccccc3C(c3ccccc32)C12CC2(Br)Br. The zero-order chi connectivity index (χ0) is 14.4. The van der Waals surface area contributed by atoms with Crippen LogP contribution in [0, 0.1) is 5.41 Å². The number of hydrogen-bond donors (Lipinski definition) is 0. The maximum Gasteiger partial charge on any atom is 0.154 e. The Labute approximate surface area is 140 Å². The van der Waals surface area contributed by atoms with Crippen molar-refractivity contribution in [3.63, 3.8) is 0 Å². The molecule has 0 aliphatic heterocycles. The van der Waals surface area contributed by atoms with Crippen LogP contribution in [-0.2, 0) is 4.79 Å². The van der Waals surface area contributed by atoms with E-state index in [0.717, 1.165) is 6.42 Å². The van der Waals surface area contributed by atoms with E-state index in [-0.39, 0.29) is 20.5 Å². The minimum absolute atomic E-state index is 0.0978. The monoisotopic (exact) mass is 402 g/mol. The van der Waals surface area contributed by atoms with Gasteiger partial charge in [0.15, 0.2) is 5.78 Å². The van der Waals surface area contributed by atoms with Crippen LogP contribution in [0.15, 0.2) is 48.5 Å². The maximum absolute atomic E-state index is 13.3. The molecule has 2 aromatic carbocycles. The Bertz CT molecular complexity index is 763. The van der Waals surface area contributed by atoms with E-state index in [2.05, 4.69) is 68.3 Å². The molecule has 2 bridgehead atoms. The van der Waals surface area contributed by atoms with Crippen LogP contribution in [-0.4, -0.2) is 9.02 Å². The molecule has 1 nitrogen and oxygen atoms in total. The van der Waals surface area contributed by atoms with Crippen molar-refractivity contribution in [3.8, 4) is 0 Å². The van der Waals surface area contributed by atoms with Gasteiger partial charge in [0.25, 0.3) is 0 Å². The number of alkyl halides is 2. The number of hydrogen-bond acceptors (Lipinski definition) is 1. The fourth-order valence-corrected chi connectivity index (χ4v) is 6.24. The van der Waals surface area contributed by atoms with Gasteiger partial charge in [-0.3, -0.25) is 4.79 Å². The van der Waals surface area contributed by atoms with Gasteiger partial charge in [0.1, 0.15) is 0 Å². The van der Waals surface area contributed by atoms with Crippen molar-refractivity contribution >= 4 is 37.6 Å². The summed E-state index contributed by atoms with van der Waals surface area (Å²) in [6.07, 6.45) is 0.864. The van der Waals surface area contributed by atoms with Crippen molar-refractivity contribution in [1.82, 2.24) is 0 Å². The molecule has 1 unspecified atom stereocenters. The first kappa shape index (κ1) is 12.6. The van der Waals surface area contributed by atoms with Crippen LogP contribution in [0.5, 0.6) is 0 Å². The second-order valence-corrected chi connectivity index (χ2v) is 10.1. The van der Waals surface area contributed by atoms with Gasteiger partial charge in [-0.15, -0.1) is 0 Å². The second-order valence-electron chi connectivity index (χ2n) is 6.34. The van der Waals surface area contributed by atoms with E-state index in [0.29, 0.717) is 5.78 Å². The van der Waals surface area contributed by atoms with Gasteiger partial charge in [0.2, 0.25) is 0 Å². The van der Waals surface area contributed by atoms with Gasteiger partial charge in [0, 0.05) is 5.92 Å². The molecule has 0 aromatic heterocycles. The molecule has 6 rings (SSSR count). The minimum atomic E-state index is -0.319. The Hall–Kier alpha value is -0.930. The molecule has 0 heterocycles. The number of carbonyl (C=O) groups is 1. The van der Waals surface area contributed by atoms with Gasteiger partial charge in [-0.25, -0.2) is 0 Å². The summed E-state index contributed by atoms with van der Waals surface area (Å²) in [5.41, 5.74) is 4.77. The summed E-state index contributed by atoms with van der Waals surface area (Å²) < 4.78 is -0.242. The predicted molar refractivity (Wildman–Crippen MR) is 89.2 cm³/mol. The molecule has 1 spiro atoms. The number of rotatable bonds is 0. The normalized spacial score (nSPS) is 33.7. The minimum Gasteiger partial charge on any atom is -0.298 e. The maximum atomic E-state index is 13.3. The highest BCUT2D eigenvalue weighted by Gasteiger charge is 2.77. The molecule has 1 atom stereocenters. The van der Waals surface area contributed by atoms with Crippen LogP contribution < -0.4 is 0 Å². The Balaban J connectivity index is 1.89. The lowest BCUT2D eigenvalue weighted by atomic mass is 9.56. The molecular formula is C18H12Br2O. The Morgan fingerprint density at radius 1 is 0.857 bits per heavy atom. The van der Waals surface area contributed by atoms with Crippen molar-refractivity contribution in [2.24, 2.45) is 5.41 Å². The van der Waals surface area contributed by atoms with Gasteiger partial charge >= 0.3 is 0 Å². The zero-order valence-electron chi connectivity index (χ0n) is 11.1. The Morgan fingerprint density at radius 3 is 1.71 bits per heavy atom. The van der Waals surface area contributed by atoms with Crippen LogP contribution >= 0.6 is 31.9 Å². The van der Waals surface area contributed by atoms with Crippen molar-refractivity contribution < 1.29 is 4.79 Å². The van der Waals surface area contributed by atoms with E-state index in [9.17, 15) is 4.79 Å². The zero-order valence-corrected chi connectivity index (χ0v) is 14.3. The highest BCUT2D eigenvalue weighted by Crippen LogP contribution is 2.78. The highest BCUT2D eigenvalue weighted by molar-refractivity contribution is 9.25. The van der Waals surface area contributed by atoms with E-state index in [1.807, 2.05) is 12.1 Å².